The van der Waals surface area contributed by atoms with Crippen molar-refractivity contribution in [2.45, 2.75) is 31.7 Å². The van der Waals surface area contributed by atoms with E-state index in [4.69, 9.17) is 17.3 Å². The maximum absolute atomic E-state index is 11.3. The number of carbonyl (C=O) groups excluding carboxylic acids is 1. The van der Waals surface area contributed by atoms with Crippen LogP contribution in [0.1, 0.15) is 24.8 Å². The first-order chi connectivity index (χ1) is 9.61. The molecular weight excluding hydrogens is 276 g/mol. The van der Waals surface area contributed by atoms with Gasteiger partial charge in [-0.1, -0.05) is 17.7 Å². The number of ether oxygens (including phenoxy) is 1. The molecule has 4 nitrogen and oxygen atoms in total. The first-order valence-electron chi connectivity index (χ1n) is 6.98. The number of nitrogens with zero attached hydrogens (tertiary/aromatic N) is 1. The van der Waals surface area contributed by atoms with Gasteiger partial charge in [0.15, 0.2) is 0 Å². The number of rotatable bonds is 4. The van der Waals surface area contributed by atoms with Gasteiger partial charge in [-0.15, -0.1) is 0 Å². The number of benzene rings is 1. The van der Waals surface area contributed by atoms with E-state index in [0.29, 0.717) is 11.4 Å². The van der Waals surface area contributed by atoms with E-state index >= 15 is 0 Å². The van der Waals surface area contributed by atoms with E-state index < -0.39 is 12.0 Å². The van der Waals surface area contributed by atoms with Crippen molar-refractivity contribution in [1.29, 1.82) is 0 Å². The maximum Gasteiger partial charge on any atom is 0.322 e. The zero-order valence-corrected chi connectivity index (χ0v) is 12.5. The Hall–Kier alpha value is -1.26. The third-order valence-electron chi connectivity index (χ3n) is 3.70. The Bertz CT molecular complexity index is 473. The first-order valence-corrected chi connectivity index (χ1v) is 7.36. The Morgan fingerprint density at radius 3 is 2.70 bits per heavy atom. The fourth-order valence-corrected chi connectivity index (χ4v) is 2.77. The monoisotopic (exact) mass is 296 g/mol. The third kappa shape index (κ3) is 3.64. The lowest BCUT2D eigenvalue weighted by Gasteiger charge is -2.29. The Balaban J connectivity index is 2.07. The molecule has 2 rings (SSSR count). The maximum atomic E-state index is 11.3. The van der Waals surface area contributed by atoms with Gasteiger partial charge in [0.25, 0.3) is 0 Å². The molecule has 1 atom stereocenters. The predicted octanol–water partition coefficient (Wildman–Crippen LogP) is 2.37. The third-order valence-corrected chi connectivity index (χ3v) is 4.05. The highest BCUT2D eigenvalue weighted by atomic mass is 35.5. The van der Waals surface area contributed by atoms with Crippen LogP contribution < -0.4 is 10.6 Å². The lowest BCUT2D eigenvalue weighted by atomic mass is 10.0. The van der Waals surface area contributed by atoms with E-state index in [0.717, 1.165) is 24.3 Å². The summed E-state index contributed by atoms with van der Waals surface area (Å²) in [5, 5.41) is 0.660. The summed E-state index contributed by atoms with van der Waals surface area (Å²) in [5.74, 6) is -0.416. The van der Waals surface area contributed by atoms with Gasteiger partial charge in [0.2, 0.25) is 0 Å². The van der Waals surface area contributed by atoms with Crippen LogP contribution in [0.15, 0.2) is 18.2 Å². The van der Waals surface area contributed by atoms with Gasteiger partial charge >= 0.3 is 5.97 Å². The molecule has 5 heteroatoms. The second kappa shape index (κ2) is 6.95. The molecule has 2 N–H and O–H groups in total. The second-order valence-electron chi connectivity index (χ2n) is 5.16. The number of piperidine rings is 1. The van der Waals surface area contributed by atoms with E-state index in [1.165, 1.54) is 26.4 Å². The molecule has 0 spiro atoms. The van der Waals surface area contributed by atoms with Crippen LogP contribution in [0.4, 0.5) is 5.69 Å². The molecule has 1 saturated heterocycles. The smallest absolute Gasteiger partial charge is 0.322 e. The van der Waals surface area contributed by atoms with Gasteiger partial charge in [0, 0.05) is 23.8 Å². The molecule has 1 unspecified atom stereocenters. The van der Waals surface area contributed by atoms with E-state index in [1.807, 2.05) is 12.1 Å². The Kier molecular flexibility index (Phi) is 5.26. The average Bonchev–Trinajstić information content (AvgIpc) is 2.49. The lowest BCUT2D eigenvalue weighted by molar-refractivity contribution is -0.142. The fraction of sp³-hybridized carbons (Fsp3) is 0.533. The summed E-state index contributed by atoms with van der Waals surface area (Å²) in [6, 6.07) is 5.30. The molecule has 110 valence electrons. The highest BCUT2D eigenvalue weighted by molar-refractivity contribution is 6.31. The quantitative estimate of drug-likeness (QED) is 0.867. The summed E-state index contributed by atoms with van der Waals surface area (Å²) >= 11 is 6.31. The minimum absolute atomic E-state index is 0.395. The van der Waals surface area contributed by atoms with Crippen molar-refractivity contribution in [3.63, 3.8) is 0 Å². The largest absolute Gasteiger partial charge is 0.468 e. The van der Waals surface area contributed by atoms with Crippen LogP contribution in [0, 0.1) is 0 Å². The van der Waals surface area contributed by atoms with Gasteiger partial charge in [-0.3, -0.25) is 4.79 Å². The standard InChI is InChI=1S/C15H21ClN2O2/c1-20-15(19)14(17)9-11-5-6-12(10-13(11)16)18-7-3-2-4-8-18/h5-6,10,14H,2-4,7-9,17H2,1H3. The summed E-state index contributed by atoms with van der Waals surface area (Å²) < 4.78 is 4.63. The van der Waals surface area contributed by atoms with Gasteiger partial charge in [0.1, 0.15) is 6.04 Å². The number of hydrogen-bond donors (Lipinski definition) is 1. The van der Waals surface area contributed by atoms with E-state index in [-0.39, 0.29) is 0 Å². The number of methoxy groups -OCH3 is 1. The minimum Gasteiger partial charge on any atom is -0.468 e. The topological polar surface area (TPSA) is 55.6 Å². The summed E-state index contributed by atoms with van der Waals surface area (Å²) in [5.41, 5.74) is 7.79. The van der Waals surface area contributed by atoms with E-state index in [2.05, 4.69) is 15.7 Å². The summed E-state index contributed by atoms with van der Waals surface area (Å²) in [6.07, 6.45) is 4.15. The molecule has 20 heavy (non-hydrogen) atoms. The molecule has 1 heterocycles. The zero-order chi connectivity index (χ0) is 14.5. The van der Waals surface area contributed by atoms with Crippen LogP contribution in [0.2, 0.25) is 5.02 Å². The predicted molar refractivity (Wildman–Crippen MR) is 81.2 cm³/mol. The summed E-state index contributed by atoms with van der Waals surface area (Å²) in [4.78, 5) is 13.7. The number of anilines is 1. The SMILES string of the molecule is COC(=O)C(N)Cc1ccc(N2CCCCC2)cc1Cl. The number of carbonyl (C=O) groups is 1. The molecule has 0 aromatic heterocycles. The molecular formula is C15H21ClN2O2. The van der Waals surface area contributed by atoms with Crippen molar-refractivity contribution >= 4 is 23.3 Å². The zero-order valence-electron chi connectivity index (χ0n) is 11.8. The summed E-state index contributed by atoms with van der Waals surface area (Å²) in [7, 11) is 1.34. The van der Waals surface area contributed by atoms with Crippen molar-refractivity contribution in [2.24, 2.45) is 5.73 Å². The van der Waals surface area contributed by atoms with Gasteiger partial charge in [-0.05, 0) is 43.4 Å². The van der Waals surface area contributed by atoms with E-state index in [9.17, 15) is 4.79 Å². The number of hydrogen-bond acceptors (Lipinski definition) is 4. The van der Waals surface area contributed by atoms with Crippen molar-refractivity contribution < 1.29 is 9.53 Å². The van der Waals surface area contributed by atoms with Gasteiger partial charge in [-0.2, -0.15) is 0 Å². The number of halogens is 1. The normalized spacial score (nSPS) is 16.9. The average molecular weight is 297 g/mol. The van der Waals surface area contributed by atoms with Crippen LogP contribution in [0.3, 0.4) is 0 Å². The summed E-state index contributed by atoms with van der Waals surface area (Å²) in [6.45, 7) is 2.16. The van der Waals surface area contributed by atoms with Crippen LogP contribution >= 0.6 is 11.6 Å². The van der Waals surface area contributed by atoms with Crippen molar-refractivity contribution in [3.8, 4) is 0 Å². The van der Waals surface area contributed by atoms with Crippen LogP contribution in [-0.2, 0) is 16.0 Å². The number of nitrogens with two attached hydrogens (primary N) is 1. The molecule has 1 aromatic carbocycles. The highest BCUT2D eigenvalue weighted by Crippen LogP contribution is 2.26. The molecule has 1 aliphatic heterocycles. The van der Waals surface area contributed by atoms with Crippen molar-refractivity contribution in [1.82, 2.24) is 0 Å². The van der Waals surface area contributed by atoms with Crippen molar-refractivity contribution in [2.75, 3.05) is 25.1 Å². The first kappa shape index (κ1) is 15.1. The fourth-order valence-electron chi connectivity index (χ4n) is 2.52. The van der Waals surface area contributed by atoms with Crippen LogP contribution in [0.5, 0.6) is 0 Å². The molecule has 0 aliphatic carbocycles. The molecule has 1 aliphatic rings. The molecule has 0 saturated carbocycles. The lowest BCUT2D eigenvalue weighted by Crippen LogP contribution is -2.33. The van der Waals surface area contributed by atoms with E-state index in [1.54, 1.807) is 0 Å². The molecule has 0 amide bonds. The van der Waals surface area contributed by atoms with Gasteiger partial charge in [-0.25, -0.2) is 0 Å². The second-order valence-corrected chi connectivity index (χ2v) is 5.56. The van der Waals surface area contributed by atoms with Gasteiger partial charge < -0.3 is 15.4 Å². The van der Waals surface area contributed by atoms with Gasteiger partial charge in [0.05, 0.1) is 7.11 Å². The number of esters is 1. The highest BCUT2D eigenvalue weighted by Gasteiger charge is 2.17. The molecule has 0 bridgehead atoms. The van der Waals surface area contributed by atoms with Crippen LogP contribution in [-0.4, -0.2) is 32.2 Å². The minimum atomic E-state index is -0.668. The Morgan fingerprint density at radius 1 is 1.40 bits per heavy atom. The Morgan fingerprint density at radius 2 is 2.10 bits per heavy atom. The Labute approximate surface area is 124 Å². The van der Waals surface area contributed by atoms with Crippen LogP contribution in [0.25, 0.3) is 0 Å². The molecule has 0 radical (unpaired) electrons. The molecule has 1 aromatic rings. The van der Waals surface area contributed by atoms with Crippen molar-refractivity contribution in [3.05, 3.63) is 28.8 Å². The molecule has 1 fully saturated rings.